The van der Waals surface area contributed by atoms with Gasteiger partial charge in [-0.2, -0.15) is 0 Å². The van der Waals surface area contributed by atoms with Crippen LogP contribution in [0.3, 0.4) is 0 Å². The molecule has 0 fully saturated rings. The number of anilines is 1. The smallest absolute Gasteiger partial charge is 0.254 e. The Morgan fingerprint density at radius 1 is 1.16 bits per heavy atom. The molecule has 0 aliphatic carbocycles. The number of fused-ring (bicyclic) bond motifs is 1. The standard InChI is InChI=1S/C29H40N4O5/c1-9-38-25-12-19-14-33(27(30)20(19)13-21(25)28(35)31-6)15-24(34)18-10-22(29(3,4)5)26(37-8)23(11-18)32-17(2)16-36-7/h10-13,17,30,32H,9,14-16H2,1-8H3,(H,31,35). The molecule has 1 atom stereocenters. The van der Waals surface area contributed by atoms with Crippen molar-refractivity contribution in [2.24, 2.45) is 0 Å². The maximum atomic E-state index is 13.6. The number of ketones is 1. The molecule has 3 N–H and O–H groups in total. The van der Waals surface area contributed by atoms with Gasteiger partial charge in [0.2, 0.25) is 0 Å². The van der Waals surface area contributed by atoms with E-state index in [1.165, 1.54) is 0 Å². The molecule has 1 heterocycles. The molecule has 1 aliphatic rings. The highest BCUT2D eigenvalue weighted by atomic mass is 16.5. The van der Waals surface area contributed by atoms with Crippen molar-refractivity contribution >= 4 is 23.2 Å². The Hall–Kier alpha value is -3.59. The number of Topliss-reactive ketones (excluding diaryl/α,β-unsaturated/α-hetero) is 1. The number of amidine groups is 1. The molecule has 9 heteroatoms. The fraction of sp³-hybridized carbons (Fsp3) is 0.483. The number of methoxy groups -OCH3 is 2. The summed E-state index contributed by atoms with van der Waals surface area (Å²) in [5.41, 5.74) is 3.74. The summed E-state index contributed by atoms with van der Waals surface area (Å²) in [4.78, 5) is 27.8. The summed E-state index contributed by atoms with van der Waals surface area (Å²) in [6.07, 6.45) is 0. The quantitative estimate of drug-likeness (QED) is 0.377. The summed E-state index contributed by atoms with van der Waals surface area (Å²) in [6, 6.07) is 7.18. The van der Waals surface area contributed by atoms with Gasteiger partial charge in [0.1, 0.15) is 17.3 Å². The minimum atomic E-state index is -0.283. The van der Waals surface area contributed by atoms with Crippen LogP contribution in [0.15, 0.2) is 24.3 Å². The lowest BCUT2D eigenvalue weighted by Crippen LogP contribution is -2.30. The Morgan fingerprint density at radius 3 is 2.45 bits per heavy atom. The van der Waals surface area contributed by atoms with Crippen molar-refractivity contribution in [3.63, 3.8) is 0 Å². The van der Waals surface area contributed by atoms with Crippen LogP contribution >= 0.6 is 0 Å². The first-order valence-electron chi connectivity index (χ1n) is 12.8. The second-order valence-electron chi connectivity index (χ2n) is 10.5. The van der Waals surface area contributed by atoms with Gasteiger partial charge >= 0.3 is 0 Å². The Labute approximate surface area is 225 Å². The molecular weight excluding hydrogens is 484 g/mol. The minimum absolute atomic E-state index is 0.00221. The Balaban J connectivity index is 1.94. The van der Waals surface area contributed by atoms with Crippen LogP contribution in [0, 0.1) is 5.41 Å². The number of carbonyl (C=O) groups excluding carboxylic acids is 2. The van der Waals surface area contributed by atoms with Crippen LogP contribution in [-0.2, 0) is 16.7 Å². The number of nitrogens with one attached hydrogen (secondary N) is 3. The van der Waals surface area contributed by atoms with E-state index in [9.17, 15) is 9.59 Å². The molecule has 1 aliphatic heterocycles. The van der Waals surface area contributed by atoms with E-state index in [0.717, 1.165) is 16.8 Å². The number of hydrogen-bond donors (Lipinski definition) is 3. The number of hydrogen-bond acceptors (Lipinski definition) is 7. The summed E-state index contributed by atoms with van der Waals surface area (Å²) in [5.74, 6) is 0.975. The van der Waals surface area contributed by atoms with Crippen LogP contribution in [0.2, 0.25) is 0 Å². The van der Waals surface area contributed by atoms with E-state index in [1.807, 2.05) is 26.0 Å². The van der Waals surface area contributed by atoms with Crippen LogP contribution < -0.4 is 20.1 Å². The van der Waals surface area contributed by atoms with Gasteiger partial charge in [0, 0.05) is 43.4 Å². The summed E-state index contributed by atoms with van der Waals surface area (Å²) in [5, 5.41) is 14.8. The molecule has 0 saturated heterocycles. The monoisotopic (exact) mass is 524 g/mol. The molecule has 1 amide bonds. The Kier molecular flexibility index (Phi) is 9.04. The van der Waals surface area contributed by atoms with Crippen molar-refractivity contribution in [3.05, 3.63) is 52.1 Å². The summed E-state index contributed by atoms with van der Waals surface area (Å²) >= 11 is 0. The molecule has 38 heavy (non-hydrogen) atoms. The first-order valence-corrected chi connectivity index (χ1v) is 12.8. The second-order valence-corrected chi connectivity index (χ2v) is 10.5. The van der Waals surface area contributed by atoms with Crippen molar-refractivity contribution < 1.29 is 23.8 Å². The van der Waals surface area contributed by atoms with Gasteiger partial charge in [0.15, 0.2) is 5.78 Å². The predicted molar refractivity (Wildman–Crippen MR) is 149 cm³/mol. The van der Waals surface area contributed by atoms with E-state index in [2.05, 4.69) is 31.4 Å². The first kappa shape index (κ1) is 29.0. The molecule has 0 saturated carbocycles. The van der Waals surface area contributed by atoms with Crippen LogP contribution in [0.25, 0.3) is 0 Å². The third-order valence-electron chi connectivity index (χ3n) is 6.49. The van der Waals surface area contributed by atoms with E-state index in [1.54, 1.807) is 38.3 Å². The lowest BCUT2D eigenvalue weighted by atomic mass is 9.84. The van der Waals surface area contributed by atoms with E-state index in [-0.39, 0.29) is 35.5 Å². The zero-order valence-corrected chi connectivity index (χ0v) is 23.7. The van der Waals surface area contributed by atoms with Gasteiger partial charge in [0.25, 0.3) is 5.91 Å². The fourth-order valence-electron chi connectivity index (χ4n) is 4.65. The molecule has 0 spiro atoms. The van der Waals surface area contributed by atoms with E-state index in [4.69, 9.17) is 19.6 Å². The van der Waals surface area contributed by atoms with Crippen molar-refractivity contribution in [1.82, 2.24) is 10.2 Å². The largest absolute Gasteiger partial charge is 0.494 e. The molecule has 206 valence electrons. The average molecular weight is 525 g/mol. The molecular formula is C29H40N4O5. The normalized spacial score (nSPS) is 13.7. The van der Waals surface area contributed by atoms with Gasteiger partial charge in [-0.25, -0.2) is 0 Å². The van der Waals surface area contributed by atoms with Gasteiger partial charge in [-0.1, -0.05) is 20.8 Å². The average Bonchev–Trinajstić information content (AvgIpc) is 3.16. The SMILES string of the molecule is CCOc1cc2c(cc1C(=O)NC)C(=N)N(CC(=O)c1cc(NC(C)COC)c(OC)c(C(C)(C)C)c1)C2. The van der Waals surface area contributed by atoms with Crippen LogP contribution in [0.1, 0.15) is 72.0 Å². The van der Waals surface area contributed by atoms with Crippen molar-refractivity contribution in [3.8, 4) is 11.5 Å². The van der Waals surface area contributed by atoms with Gasteiger partial charge in [0.05, 0.1) is 38.1 Å². The van der Waals surface area contributed by atoms with Gasteiger partial charge in [-0.15, -0.1) is 0 Å². The number of benzene rings is 2. The number of amides is 1. The van der Waals surface area contributed by atoms with Crippen molar-refractivity contribution in [1.29, 1.82) is 5.41 Å². The fourth-order valence-corrected chi connectivity index (χ4v) is 4.65. The lowest BCUT2D eigenvalue weighted by molar-refractivity contribution is 0.0953. The molecule has 3 rings (SSSR count). The molecule has 9 nitrogen and oxygen atoms in total. The first-order chi connectivity index (χ1) is 17.9. The molecule has 2 aromatic carbocycles. The lowest BCUT2D eigenvalue weighted by Gasteiger charge is -2.27. The third-order valence-corrected chi connectivity index (χ3v) is 6.49. The Bertz CT molecular complexity index is 1220. The summed E-state index contributed by atoms with van der Waals surface area (Å²) in [6.45, 7) is 11.4. The third kappa shape index (κ3) is 6.10. The second kappa shape index (κ2) is 11.9. The minimum Gasteiger partial charge on any atom is -0.494 e. The van der Waals surface area contributed by atoms with Gasteiger partial charge in [-0.05, 0) is 49.1 Å². The summed E-state index contributed by atoms with van der Waals surface area (Å²) < 4.78 is 16.7. The van der Waals surface area contributed by atoms with Crippen LogP contribution in [0.5, 0.6) is 11.5 Å². The maximum absolute atomic E-state index is 13.6. The van der Waals surface area contributed by atoms with Gasteiger partial charge in [-0.3, -0.25) is 15.0 Å². The zero-order chi connectivity index (χ0) is 28.2. The number of carbonyl (C=O) groups is 2. The van der Waals surface area contributed by atoms with E-state index >= 15 is 0 Å². The molecule has 0 aromatic heterocycles. The molecule has 2 aromatic rings. The molecule has 1 unspecified atom stereocenters. The zero-order valence-electron chi connectivity index (χ0n) is 23.7. The van der Waals surface area contributed by atoms with Crippen LogP contribution in [-0.4, -0.2) is 69.5 Å². The molecule has 0 radical (unpaired) electrons. The van der Waals surface area contributed by atoms with E-state index < -0.39 is 0 Å². The number of rotatable bonds is 11. The highest BCUT2D eigenvalue weighted by Gasteiger charge is 2.30. The molecule has 0 bridgehead atoms. The van der Waals surface area contributed by atoms with E-state index in [0.29, 0.717) is 47.9 Å². The highest BCUT2D eigenvalue weighted by Crippen LogP contribution is 2.39. The van der Waals surface area contributed by atoms with Crippen molar-refractivity contribution in [2.75, 3.05) is 46.3 Å². The number of nitrogens with zero attached hydrogens (tertiary/aromatic N) is 1. The van der Waals surface area contributed by atoms with Gasteiger partial charge < -0.3 is 29.7 Å². The Morgan fingerprint density at radius 2 is 1.87 bits per heavy atom. The predicted octanol–water partition coefficient (Wildman–Crippen LogP) is 4.22. The maximum Gasteiger partial charge on any atom is 0.254 e. The van der Waals surface area contributed by atoms with Crippen molar-refractivity contribution in [2.45, 2.75) is 52.6 Å². The number of ether oxygens (including phenoxy) is 3. The highest BCUT2D eigenvalue weighted by molar-refractivity contribution is 6.08. The topological polar surface area (TPSA) is 113 Å². The van der Waals surface area contributed by atoms with Crippen LogP contribution in [0.4, 0.5) is 5.69 Å². The summed E-state index contributed by atoms with van der Waals surface area (Å²) in [7, 11) is 4.83.